The molecule has 1 aromatic rings. The van der Waals surface area contributed by atoms with Crippen LogP contribution in [0.2, 0.25) is 0 Å². The van der Waals surface area contributed by atoms with Crippen LogP contribution in [0.3, 0.4) is 0 Å². The quantitative estimate of drug-likeness (QED) is 0.367. The number of hydrazone groups is 1. The molecule has 0 bridgehead atoms. The van der Waals surface area contributed by atoms with E-state index in [4.69, 9.17) is 16.3 Å². The van der Waals surface area contributed by atoms with E-state index in [-0.39, 0.29) is 30.4 Å². The molecule has 1 aromatic heterocycles. The number of amides is 1. The van der Waals surface area contributed by atoms with E-state index in [9.17, 15) is 13.6 Å². The standard InChI is InChI=1S/C12H18F2N6O2/c1-12(2,3)22-11(21)19-4-6-7(5-19)20(10(13)14)9(17-6)8(15)18-16/h10H,4-5,16H2,1-3H3,(H2,15,18). The van der Waals surface area contributed by atoms with Crippen molar-refractivity contribution in [2.75, 3.05) is 0 Å². The number of nitrogens with zero attached hydrogens (tertiary/aromatic N) is 4. The first-order valence-electron chi connectivity index (χ1n) is 6.54. The van der Waals surface area contributed by atoms with Crippen LogP contribution in [0.25, 0.3) is 0 Å². The van der Waals surface area contributed by atoms with Crippen LogP contribution in [0.4, 0.5) is 13.6 Å². The van der Waals surface area contributed by atoms with Gasteiger partial charge < -0.3 is 16.3 Å². The normalized spacial score (nSPS) is 15.4. The van der Waals surface area contributed by atoms with Gasteiger partial charge in [0.15, 0.2) is 11.7 Å². The molecule has 0 saturated heterocycles. The lowest BCUT2D eigenvalue weighted by molar-refractivity contribution is 0.0222. The maximum absolute atomic E-state index is 13.2. The van der Waals surface area contributed by atoms with E-state index in [1.165, 1.54) is 4.90 Å². The number of rotatable bonds is 2. The fraction of sp³-hybridized carbons (Fsp3) is 0.583. The Morgan fingerprint density at radius 1 is 1.41 bits per heavy atom. The highest BCUT2D eigenvalue weighted by Gasteiger charge is 2.35. The fourth-order valence-electron chi connectivity index (χ4n) is 2.13. The Balaban J connectivity index is 2.27. The van der Waals surface area contributed by atoms with Gasteiger partial charge in [0.05, 0.1) is 24.5 Å². The highest BCUT2D eigenvalue weighted by Crippen LogP contribution is 2.29. The third-order valence-corrected chi connectivity index (χ3v) is 2.99. The van der Waals surface area contributed by atoms with Gasteiger partial charge in [-0.2, -0.15) is 13.9 Å². The molecule has 4 N–H and O–H groups in total. The molecule has 2 rings (SSSR count). The highest BCUT2D eigenvalue weighted by atomic mass is 19.3. The molecule has 0 saturated carbocycles. The lowest BCUT2D eigenvalue weighted by atomic mass is 10.2. The summed E-state index contributed by atoms with van der Waals surface area (Å²) in [6.45, 7) is 2.33. The number of imidazole rings is 1. The zero-order valence-corrected chi connectivity index (χ0v) is 12.5. The monoisotopic (exact) mass is 316 g/mol. The molecule has 22 heavy (non-hydrogen) atoms. The molecular formula is C12H18F2N6O2. The van der Waals surface area contributed by atoms with Gasteiger partial charge in [0.1, 0.15) is 5.60 Å². The molecule has 0 aliphatic carbocycles. The van der Waals surface area contributed by atoms with Crippen LogP contribution in [-0.2, 0) is 17.8 Å². The first-order chi connectivity index (χ1) is 10.1. The number of fused-ring (bicyclic) bond motifs is 1. The molecule has 0 spiro atoms. The zero-order valence-electron chi connectivity index (χ0n) is 12.5. The predicted octanol–water partition coefficient (Wildman–Crippen LogP) is 1.11. The molecule has 0 fully saturated rings. The van der Waals surface area contributed by atoms with Gasteiger partial charge in [0, 0.05) is 0 Å². The minimum atomic E-state index is -2.87. The minimum Gasteiger partial charge on any atom is -0.444 e. The number of halogens is 2. The zero-order chi connectivity index (χ0) is 16.7. The molecule has 0 aromatic carbocycles. The molecule has 8 nitrogen and oxygen atoms in total. The molecule has 1 aliphatic rings. The van der Waals surface area contributed by atoms with E-state index >= 15 is 0 Å². The SMILES string of the molecule is CC(C)(C)OC(=O)N1Cc2nc(/C(N)=N/N)n(C(F)F)c2C1. The van der Waals surface area contributed by atoms with Crippen molar-refractivity contribution in [3.63, 3.8) is 0 Å². The highest BCUT2D eigenvalue weighted by molar-refractivity contribution is 5.94. The maximum atomic E-state index is 13.2. The summed E-state index contributed by atoms with van der Waals surface area (Å²) in [6.07, 6.45) is -0.590. The van der Waals surface area contributed by atoms with Gasteiger partial charge in [0.25, 0.3) is 0 Å². The van der Waals surface area contributed by atoms with E-state index in [0.717, 1.165) is 0 Å². The Kier molecular flexibility index (Phi) is 3.94. The number of amidine groups is 1. The Labute approximate surface area is 125 Å². The number of hydrogen-bond donors (Lipinski definition) is 2. The number of alkyl halides is 2. The number of carbonyl (C=O) groups is 1. The van der Waals surface area contributed by atoms with Crippen molar-refractivity contribution >= 4 is 11.9 Å². The summed E-state index contributed by atoms with van der Waals surface area (Å²) in [5.41, 5.74) is 5.33. The van der Waals surface area contributed by atoms with Crippen molar-refractivity contribution in [3.8, 4) is 0 Å². The number of aromatic nitrogens is 2. The average molecular weight is 316 g/mol. The molecule has 0 radical (unpaired) electrons. The van der Waals surface area contributed by atoms with Gasteiger partial charge in [0.2, 0.25) is 0 Å². The Morgan fingerprint density at radius 2 is 2.05 bits per heavy atom. The summed E-state index contributed by atoms with van der Waals surface area (Å²) in [5.74, 6) is 4.52. The summed E-state index contributed by atoms with van der Waals surface area (Å²) in [7, 11) is 0. The van der Waals surface area contributed by atoms with E-state index in [1.54, 1.807) is 20.8 Å². The second-order valence-electron chi connectivity index (χ2n) is 5.83. The van der Waals surface area contributed by atoms with Crippen LogP contribution in [0.1, 0.15) is 44.5 Å². The first kappa shape index (κ1) is 16.0. The summed E-state index contributed by atoms with van der Waals surface area (Å²) >= 11 is 0. The molecule has 10 heteroatoms. The number of carbonyl (C=O) groups excluding carboxylic acids is 1. The van der Waals surface area contributed by atoms with E-state index in [1.807, 2.05) is 0 Å². The summed E-state index contributed by atoms with van der Waals surface area (Å²) in [6, 6.07) is 0. The smallest absolute Gasteiger partial charge is 0.410 e. The molecule has 122 valence electrons. The molecule has 1 amide bonds. The Bertz CT molecular complexity index is 620. The first-order valence-corrected chi connectivity index (χ1v) is 6.54. The van der Waals surface area contributed by atoms with E-state index in [0.29, 0.717) is 10.3 Å². The Morgan fingerprint density at radius 3 is 2.55 bits per heavy atom. The molecule has 1 aliphatic heterocycles. The Hall–Kier alpha value is -2.39. The van der Waals surface area contributed by atoms with E-state index < -0.39 is 18.2 Å². The van der Waals surface area contributed by atoms with Gasteiger partial charge in [-0.3, -0.25) is 9.47 Å². The fourth-order valence-corrected chi connectivity index (χ4v) is 2.13. The van der Waals surface area contributed by atoms with Crippen molar-refractivity contribution in [2.45, 2.75) is 46.0 Å². The van der Waals surface area contributed by atoms with E-state index in [2.05, 4.69) is 10.1 Å². The largest absolute Gasteiger partial charge is 0.444 e. The number of nitrogens with two attached hydrogens (primary N) is 2. The maximum Gasteiger partial charge on any atom is 0.410 e. The molecule has 0 atom stereocenters. The topological polar surface area (TPSA) is 112 Å². The average Bonchev–Trinajstić information content (AvgIpc) is 2.91. The second-order valence-corrected chi connectivity index (χ2v) is 5.83. The van der Waals surface area contributed by atoms with Crippen LogP contribution in [0.5, 0.6) is 0 Å². The van der Waals surface area contributed by atoms with Crippen molar-refractivity contribution in [1.29, 1.82) is 0 Å². The minimum absolute atomic E-state index is 0.0422. The van der Waals surface area contributed by atoms with Gasteiger partial charge >= 0.3 is 12.6 Å². The third kappa shape index (κ3) is 2.95. The third-order valence-electron chi connectivity index (χ3n) is 2.99. The molecule has 0 unspecified atom stereocenters. The number of ether oxygens (including phenoxy) is 1. The van der Waals surface area contributed by atoms with Crippen molar-refractivity contribution in [1.82, 2.24) is 14.5 Å². The van der Waals surface area contributed by atoms with Gasteiger partial charge in [-0.1, -0.05) is 0 Å². The van der Waals surface area contributed by atoms with Gasteiger partial charge in [-0.25, -0.2) is 9.78 Å². The van der Waals surface area contributed by atoms with Crippen LogP contribution in [0, 0.1) is 0 Å². The summed E-state index contributed by atoms with van der Waals surface area (Å²) in [5, 5.41) is 3.19. The van der Waals surface area contributed by atoms with Crippen LogP contribution in [-0.4, -0.2) is 32.0 Å². The van der Waals surface area contributed by atoms with Crippen molar-refractivity contribution in [3.05, 3.63) is 17.2 Å². The summed E-state index contributed by atoms with van der Waals surface area (Å²) < 4.78 is 32.3. The van der Waals surface area contributed by atoms with Gasteiger partial charge in [-0.05, 0) is 20.8 Å². The van der Waals surface area contributed by atoms with Crippen molar-refractivity contribution < 1.29 is 18.3 Å². The second kappa shape index (κ2) is 5.43. The van der Waals surface area contributed by atoms with Crippen LogP contribution in [0.15, 0.2) is 5.10 Å². The summed E-state index contributed by atoms with van der Waals surface area (Å²) in [4.78, 5) is 17.3. The van der Waals surface area contributed by atoms with Crippen molar-refractivity contribution in [2.24, 2.45) is 16.7 Å². The molecule has 2 heterocycles. The number of hydrogen-bond acceptors (Lipinski definition) is 5. The predicted molar refractivity (Wildman–Crippen MR) is 73.9 cm³/mol. The van der Waals surface area contributed by atoms with Crippen LogP contribution < -0.4 is 11.6 Å². The molecular weight excluding hydrogens is 298 g/mol. The lowest BCUT2D eigenvalue weighted by Gasteiger charge is -2.24. The van der Waals surface area contributed by atoms with Crippen LogP contribution >= 0.6 is 0 Å². The van der Waals surface area contributed by atoms with Gasteiger partial charge in [-0.15, -0.1) is 0 Å². The lowest BCUT2D eigenvalue weighted by Crippen LogP contribution is -2.34.